The zero-order chi connectivity index (χ0) is 16.2. The van der Waals surface area contributed by atoms with Crippen LogP contribution in [-0.4, -0.2) is 27.3 Å². The molecule has 1 amide bonds. The van der Waals surface area contributed by atoms with Crippen molar-refractivity contribution in [2.75, 3.05) is 6.54 Å². The van der Waals surface area contributed by atoms with Gasteiger partial charge in [0, 0.05) is 13.1 Å². The van der Waals surface area contributed by atoms with Crippen LogP contribution in [-0.2, 0) is 6.54 Å². The number of aromatic nitrogens is 2. The lowest BCUT2D eigenvalue weighted by atomic mass is 10.2. The third-order valence-electron chi connectivity index (χ3n) is 3.83. The summed E-state index contributed by atoms with van der Waals surface area (Å²) in [6.45, 7) is 5.01. The first-order valence-corrected chi connectivity index (χ1v) is 7.75. The number of carbonyl (C=O) groups excluding carboxylic acids is 1. The van der Waals surface area contributed by atoms with Crippen molar-refractivity contribution >= 4 is 16.9 Å². The zero-order valence-electron chi connectivity index (χ0n) is 13.4. The normalized spacial score (nSPS) is 10.7. The van der Waals surface area contributed by atoms with Crippen molar-refractivity contribution in [1.29, 1.82) is 0 Å². The van der Waals surface area contributed by atoms with Crippen LogP contribution in [0.3, 0.4) is 0 Å². The molecule has 0 atom stereocenters. The summed E-state index contributed by atoms with van der Waals surface area (Å²) in [5.74, 6) is -0.0768. The van der Waals surface area contributed by atoms with Crippen molar-refractivity contribution in [3.8, 4) is 0 Å². The maximum Gasteiger partial charge on any atom is 0.274 e. The molecular weight excluding hydrogens is 286 g/mol. The van der Waals surface area contributed by atoms with E-state index in [1.807, 2.05) is 68.4 Å². The minimum Gasteiger partial charge on any atom is -0.333 e. The summed E-state index contributed by atoms with van der Waals surface area (Å²) in [7, 11) is 0. The Morgan fingerprint density at radius 1 is 0.957 bits per heavy atom. The van der Waals surface area contributed by atoms with Crippen LogP contribution in [0, 0.1) is 6.92 Å². The fourth-order valence-electron chi connectivity index (χ4n) is 2.57. The number of para-hydroxylation sites is 2. The molecule has 4 heteroatoms. The van der Waals surface area contributed by atoms with Crippen LogP contribution < -0.4 is 0 Å². The summed E-state index contributed by atoms with van der Waals surface area (Å²) >= 11 is 0. The van der Waals surface area contributed by atoms with Crippen molar-refractivity contribution in [3.05, 3.63) is 71.5 Å². The van der Waals surface area contributed by atoms with Gasteiger partial charge < -0.3 is 4.90 Å². The summed E-state index contributed by atoms with van der Waals surface area (Å²) in [6.07, 6.45) is 0. The topological polar surface area (TPSA) is 46.1 Å². The molecule has 1 heterocycles. The van der Waals surface area contributed by atoms with Crippen molar-refractivity contribution in [2.24, 2.45) is 0 Å². The van der Waals surface area contributed by atoms with E-state index >= 15 is 0 Å². The van der Waals surface area contributed by atoms with E-state index in [2.05, 4.69) is 9.97 Å². The Balaban J connectivity index is 1.93. The highest BCUT2D eigenvalue weighted by molar-refractivity contribution is 5.95. The maximum absolute atomic E-state index is 12.9. The summed E-state index contributed by atoms with van der Waals surface area (Å²) in [5.41, 5.74) is 3.76. The molecule has 2 aromatic carbocycles. The molecule has 0 bridgehead atoms. The second-order valence-electron chi connectivity index (χ2n) is 5.45. The average molecular weight is 305 g/mol. The van der Waals surface area contributed by atoms with Gasteiger partial charge in [0.05, 0.1) is 16.7 Å². The van der Waals surface area contributed by atoms with Crippen molar-refractivity contribution in [2.45, 2.75) is 20.4 Å². The molecule has 1 aromatic heterocycles. The van der Waals surface area contributed by atoms with E-state index < -0.39 is 0 Å². The number of nitrogens with zero attached hydrogens (tertiary/aromatic N) is 3. The molecule has 23 heavy (non-hydrogen) atoms. The number of hydrogen-bond donors (Lipinski definition) is 0. The van der Waals surface area contributed by atoms with Crippen LogP contribution in [0.25, 0.3) is 11.0 Å². The van der Waals surface area contributed by atoms with Crippen molar-refractivity contribution in [1.82, 2.24) is 14.9 Å². The molecule has 0 radical (unpaired) electrons. The van der Waals surface area contributed by atoms with E-state index in [9.17, 15) is 4.79 Å². The standard InChI is InChI=1S/C19H19N3O/c1-3-22(13-15-9-5-4-6-10-15)19(23)18-14(2)20-16-11-7-8-12-17(16)21-18/h4-12H,3,13H2,1-2H3. The second kappa shape index (κ2) is 6.57. The Labute approximate surface area is 135 Å². The van der Waals surface area contributed by atoms with Gasteiger partial charge in [-0.15, -0.1) is 0 Å². The monoisotopic (exact) mass is 305 g/mol. The van der Waals surface area contributed by atoms with Crippen LogP contribution in [0.15, 0.2) is 54.6 Å². The van der Waals surface area contributed by atoms with Gasteiger partial charge in [-0.25, -0.2) is 9.97 Å². The van der Waals surface area contributed by atoms with Gasteiger partial charge in [0.1, 0.15) is 5.69 Å². The quantitative estimate of drug-likeness (QED) is 0.740. The lowest BCUT2D eigenvalue weighted by Gasteiger charge is -2.21. The molecule has 3 aromatic rings. The lowest BCUT2D eigenvalue weighted by Crippen LogP contribution is -2.31. The SMILES string of the molecule is CCN(Cc1ccccc1)C(=O)c1nc2ccccc2nc1C. The molecule has 0 saturated heterocycles. The summed E-state index contributed by atoms with van der Waals surface area (Å²) < 4.78 is 0. The third-order valence-corrected chi connectivity index (χ3v) is 3.83. The number of hydrogen-bond acceptors (Lipinski definition) is 3. The molecule has 116 valence electrons. The van der Waals surface area contributed by atoms with Gasteiger partial charge in [-0.2, -0.15) is 0 Å². The summed E-state index contributed by atoms with van der Waals surface area (Å²) in [6, 6.07) is 17.6. The number of benzene rings is 2. The van der Waals surface area contributed by atoms with Crippen LogP contribution >= 0.6 is 0 Å². The van der Waals surface area contributed by atoms with E-state index in [1.165, 1.54) is 0 Å². The molecule has 0 unspecified atom stereocenters. The maximum atomic E-state index is 12.9. The van der Waals surface area contributed by atoms with E-state index in [0.717, 1.165) is 16.6 Å². The van der Waals surface area contributed by atoms with Gasteiger partial charge in [-0.1, -0.05) is 42.5 Å². The van der Waals surface area contributed by atoms with E-state index in [4.69, 9.17) is 0 Å². The predicted molar refractivity (Wildman–Crippen MR) is 91.1 cm³/mol. The molecule has 0 aliphatic rings. The van der Waals surface area contributed by atoms with Crippen molar-refractivity contribution < 1.29 is 4.79 Å². The molecule has 0 aliphatic heterocycles. The van der Waals surface area contributed by atoms with Crippen LogP contribution in [0.5, 0.6) is 0 Å². The van der Waals surface area contributed by atoms with Gasteiger partial charge in [0.15, 0.2) is 0 Å². The first-order valence-electron chi connectivity index (χ1n) is 7.75. The Morgan fingerprint density at radius 2 is 1.57 bits per heavy atom. The average Bonchev–Trinajstić information content (AvgIpc) is 2.59. The van der Waals surface area contributed by atoms with E-state index in [-0.39, 0.29) is 5.91 Å². The third kappa shape index (κ3) is 3.21. The van der Waals surface area contributed by atoms with Crippen molar-refractivity contribution in [3.63, 3.8) is 0 Å². The van der Waals surface area contributed by atoms with Crippen LogP contribution in [0.1, 0.15) is 28.7 Å². The smallest absolute Gasteiger partial charge is 0.274 e. The highest BCUT2D eigenvalue weighted by atomic mass is 16.2. The summed E-state index contributed by atoms with van der Waals surface area (Å²) in [4.78, 5) is 23.7. The Hall–Kier alpha value is -2.75. The highest BCUT2D eigenvalue weighted by Crippen LogP contribution is 2.15. The zero-order valence-corrected chi connectivity index (χ0v) is 13.4. The first-order chi connectivity index (χ1) is 11.2. The highest BCUT2D eigenvalue weighted by Gasteiger charge is 2.19. The second-order valence-corrected chi connectivity index (χ2v) is 5.45. The van der Waals surface area contributed by atoms with Gasteiger partial charge in [-0.3, -0.25) is 4.79 Å². The van der Waals surface area contributed by atoms with E-state index in [0.29, 0.717) is 24.5 Å². The number of fused-ring (bicyclic) bond motifs is 1. The molecule has 0 fully saturated rings. The number of aryl methyl sites for hydroxylation is 1. The van der Waals surface area contributed by atoms with Crippen LogP contribution in [0.2, 0.25) is 0 Å². The van der Waals surface area contributed by atoms with Gasteiger partial charge >= 0.3 is 0 Å². The van der Waals surface area contributed by atoms with E-state index in [1.54, 1.807) is 4.90 Å². The molecule has 0 N–H and O–H groups in total. The van der Waals surface area contributed by atoms with Gasteiger partial charge in [0.25, 0.3) is 5.91 Å². The molecule has 4 nitrogen and oxygen atoms in total. The Morgan fingerprint density at radius 3 is 2.22 bits per heavy atom. The summed E-state index contributed by atoms with van der Waals surface area (Å²) in [5, 5.41) is 0. The molecule has 0 aliphatic carbocycles. The molecule has 0 spiro atoms. The van der Waals surface area contributed by atoms with Gasteiger partial charge in [-0.05, 0) is 31.5 Å². The Bertz CT molecular complexity index is 830. The first kappa shape index (κ1) is 15.2. The Kier molecular flexibility index (Phi) is 4.33. The minimum atomic E-state index is -0.0768. The lowest BCUT2D eigenvalue weighted by molar-refractivity contribution is 0.0745. The molecule has 3 rings (SSSR count). The molecule has 0 saturated carbocycles. The van der Waals surface area contributed by atoms with Gasteiger partial charge in [0.2, 0.25) is 0 Å². The number of amides is 1. The fourth-order valence-corrected chi connectivity index (χ4v) is 2.57. The predicted octanol–water partition coefficient (Wildman–Crippen LogP) is 3.60. The largest absolute Gasteiger partial charge is 0.333 e. The fraction of sp³-hybridized carbons (Fsp3) is 0.211. The number of rotatable bonds is 4. The molecular formula is C19H19N3O. The minimum absolute atomic E-state index is 0.0768. The van der Waals surface area contributed by atoms with Crippen LogP contribution in [0.4, 0.5) is 0 Å². The number of carbonyl (C=O) groups is 1.